The number of hydrogen-bond acceptors (Lipinski definition) is 3. The number of Topliss-reactive ketones (excluding diaryl/α,β-unsaturated/α-hetero) is 1. The van der Waals surface area contributed by atoms with Gasteiger partial charge in [-0.1, -0.05) is 6.92 Å². The minimum atomic E-state index is 0.313. The van der Waals surface area contributed by atoms with E-state index in [4.69, 9.17) is 4.42 Å². The van der Waals surface area contributed by atoms with E-state index < -0.39 is 0 Å². The van der Waals surface area contributed by atoms with Gasteiger partial charge in [0.2, 0.25) is 0 Å². The predicted octanol–water partition coefficient (Wildman–Crippen LogP) is 3.05. The lowest BCUT2D eigenvalue weighted by molar-refractivity contribution is -0.116. The van der Waals surface area contributed by atoms with Crippen LogP contribution in [0.3, 0.4) is 0 Å². The molecule has 0 saturated carbocycles. The lowest BCUT2D eigenvalue weighted by Gasteiger charge is -1.97. The molecule has 1 heterocycles. The van der Waals surface area contributed by atoms with Gasteiger partial charge in [-0.2, -0.15) is 0 Å². The average Bonchev–Trinajstić information content (AvgIpc) is 2.48. The molecule has 2 nitrogen and oxygen atoms in total. The Morgan fingerprint density at radius 2 is 2.38 bits per heavy atom. The summed E-state index contributed by atoms with van der Waals surface area (Å²) in [6, 6.07) is 1.90. The van der Waals surface area contributed by atoms with Crippen molar-refractivity contribution in [2.45, 2.75) is 31.6 Å². The number of furan rings is 1. The molecule has 3 heteroatoms. The fourth-order valence-corrected chi connectivity index (χ4v) is 1.90. The Kier molecular flexibility index (Phi) is 4.09. The van der Waals surface area contributed by atoms with Crippen molar-refractivity contribution >= 4 is 17.5 Å². The summed E-state index contributed by atoms with van der Waals surface area (Å²) < 4.78 is 5.12. The maximum Gasteiger partial charge on any atom is 0.143 e. The van der Waals surface area contributed by atoms with Crippen molar-refractivity contribution in [1.29, 1.82) is 0 Å². The molecule has 1 aromatic rings. The fourth-order valence-electron chi connectivity index (χ4n) is 1.03. The van der Waals surface area contributed by atoms with E-state index in [1.165, 1.54) is 0 Å². The molecule has 0 aliphatic rings. The van der Waals surface area contributed by atoms with Crippen molar-refractivity contribution in [1.82, 2.24) is 0 Å². The van der Waals surface area contributed by atoms with Crippen LogP contribution in [0.4, 0.5) is 0 Å². The van der Waals surface area contributed by atoms with E-state index in [0.717, 1.165) is 17.1 Å². The van der Waals surface area contributed by atoms with Crippen LogP contribution in [-0.4, -0.2) is 11.5 Å². The third kappa shape index (κ3) is 3.27. The van der Waals surface area contributed by atoms with Crippen molar-refractivity contribution in [3.8, 4) is 0 Å². The van der Waals surface area contributed by atoms with Crippen LogP contribution < -0.4 is 0 Å². The number of carbonyl (C=O) groups is 1. The SMILES string of the molecule is CCCC(=O)CSc1ccoc1C. The van der Waals surface area contributed by atoms with Gasteiger partial charge >= 0.3 is 0 Å². The number of ketones is 1. The van der Waals surface area contributed by atoms with E-state index in [2.05, 4.69) is 0 Å². The highest BCUT2D eigenvalue weighted by atomic mass is 32.2. The smallest absolute Gasteiger partial charge is 0.143 e. The molecular weight excluding hydrogens is 184 g/mol. The zero-order chi connectivity index (χ0) is 9.68. The van der Waals surface area contributed by atoms with Gasteiger partial charge < -0.3 is 4.42 Å². The highest BCUT2D eigenvalue weighted by Crippen LogP contribution is 2.23. The van der Waals surface area contributed by atoms with Crippen molar-refractivity contribution in [2.75, 3.05) is 5.75 Å². The molecule has 0 amide bonds. The summed E-state index contributed by atoms with van der Waals surface area (Å²) in [6.45, 7) is 3.93. The Hall–Kier alpha value is -0.700. The molecule has 1 aromatic heterocycles. The van der Waals surface area contributed by atoms with Gasteiger partial charge in [0.25, 0.3) is 0 Å². The van der Waals surface area contributed by atoms with Gasteiger partial charge in [-0.15, -0.1) is 11.8 Å². The maximum absolute atomic E-state index is 11.2. The van der Waals surface area contributed by atoms with Gasteiger partial charge in [0, 0.05) is 11.3 Å². The topological polar surface area (TPSA) is 30.2 Å². The lowest BCUT2D eigenvalue weighted by atomic mass is 10.3. The van der Waals surface area contributed by atoms with Crippen LogP contribution in [-0.2, 0) is 4.79 Å². The van der Waals surface area contributed by atoms with E-state index >= 15 is 0 Å². The van der Waals surface area contributed by atoms with Crippen LogP contribution >= 0.6 is 11.8 Å². The van der Waals surface area contributed by atoms with E-state index in [9.17, 15) is 4.79 Å². The molecule has 0 N–H and O–H groups in total. The number of thioether (sulfide) groups is 1. The first-order chi connectivity index (χ1) is 6.24. The Labute approximate surface area is 82.7 Å². The summed E-state index contributed by atoms with van der Waals surface area (Å²) in [5.74, 6) is 1.77. The van der Waals surface area contributed by atoms with Crippen LogP contribution in [0.15, 0.2) is 21.6 Å². The first-order valence-corrected chi connectivity index (χ1v) is 5.41. The Balaban J connectivity index is 2.35. The Morgan fingerprint density at radius 1 is 1.62 bits per heavy atom. The van der Waals surface area contributed by atoms with E-state index in [1.54, 1.807) is 18.0 Å². The molecule has 0 bridgehead atoms. The van der Waals surface area contributed by atoms with Crippen molar-refractivity contribution < 1.29 is 9.21 Å². The van der Waals surface area contributed by atoms with Gasteiger partial charge in [0.15, 0.2) is 0 Å². The number of aryl methyl sites for hydroxylation is 1. The zero-order valence-electron chi connectivity index (χ0n) is 8.00. The highest BCUT2D eigenvalue weighted by Gasteiger charge is 2.05. The minimum Gasteiger partial charge on any atom is -0.468 e. The van der Waals surface area contributed by atoms with Crippen molar-refractivity contribution in [3.05, 3.63) is 18.1 Å². The largest absolute Gasteiger partial charge is 0.468 e. The number of rotatable bonds is 5. The fraction of sp³-hybridized carbons (Fsp3) is 0.500. The van der Waals surface area contributed by atoms with Crippen LogP contribution in [0.5, 0.6) is 0 Å². The molecule has 0 spiro atoms. The molecule has 0 aliphatic carbocycles. The highest BCUT2D eigenvalue weighted by molar-refractivity contribution is 8.00. The van der Waals surface area contributed by atoms with Gasteiger partial charge in [0.1, 0.15) is 11.5 Å². The molecule has 1 rings (SSSR count). The number of carbonyl (C=O) groups excluding carboxylic acids is 1. The van der Waals surface area contributed by atoms with Crippen molar-refractivity contribution in [3.63, 3.8) is 0 Å². The van der Waals surface area contributed by atoms with E-state index in [1.807, 2.05) is 19.9 Å². The molecule has 0 unspecified atom stereocenters. The molecular formula is C10H14O2S. The van der Waals surface area contributed by atoms with Crippen LogP contribution in [0.2, 0.25) is 0 Å². The van der Waals surface area contributed by atoms with Crippen LogP contribution in [0, 0.1) is 6.92 Å². The standard InChI is InChI=1S/C10H14O2S/c1-3-4-9(11)7-13-10-5-6-12-8(10)2/h5-6H,3-4,7H2,1-2H3. The summed E-state index contributed by atoms with van der Waals surface area (Å²) >= 11 is 1.56. The molecule has 0 fully saturated rings. The summed E-state index contributed by atoms with van der Waals surface area (Å²) in [5, 5.41) is 0. The zero-order valence-corrected chi connectivity index (χ0v) is 8.82. The molecule has 0 aliphatic heterocycles. The molecule has 0 atom stereocenters. The molecule has 0 aromatic carbocycles. The second kappa shape index (κ2) is 5.12. The summed E-state index contributed by atoms with van der Waals surface area (Å²) in [4.78, 5) is 12.3. The second-order valence-electron chi connectivity index (χ2n) is 2.92. The molecule has 0 saturated heterocycles. The van der Waals surface area contributed by atoms with E-state index in [-0.39, 0.29) is 0 Å². The molecule has 0 radical (unpaired) electrons. The second-order valence-corrected chi connectivity index (χ2v) is 3.94. The first-order valence-electron chi connectivity index (χ1n) is 4.42. The lowest BCUT2D eigenvalue weighted by Crippen LogP contribution is -1.99. The Bertz CT molecular complexity index is 278. The summed E-state index contributed by atoms with van der Waals surface area (Å²) in [5.41, 5.74) is 0. The average molecular weight is 198 g/mol. The van der Waals surface area contributed by atoms with Gasteiger partial charge in [0.05, 0.1) is 12.0 Å². The first kappa shape index (κ1) is 10.4. The quantitative estimate of drug-likeness (QED) is 0.681. The monoisotopic (exact) mass is 198 g/mol. The number of hydrogen-bond donors (Lipinski definition) is 0. The Morgan fingerprint density at radius 3 is 2.92 bits per heavy atom. The van der Waals surface area contributed by atoms with Crippen molar-refractivity contribution in [2.24, 2.45) is 0 Å². The normalized spacial score (nSPS) is 10.3. The van der Waals surface area contributed by atoms with Gasteiger partial charge in [-0.25, -0.2) is 0 Å². The maximum atomic E-state index is 11.2. The summed E-state index contributed by atoms with van der Waals surface area (Å²) in [6.07, 6.45) is 3.27. The molecule has 72 valence electrons. The minimum absolute atomic E-state index is 0.313. The van der Waals surface area contributed by atoms with E-state index in [0.29, 0.717) is 18.0 Å². The summed E-state index contributed by atoms with van der Waals surface area (Å²) in [7, 11) is 0. The predicted molar refractivity (Wildman–Crippen MR) is 54.1 cm³/mol. The third-order valence-electron chi connectivity index (χ3n) is 1.73. The van der Waals surface area contributed by atoms with Gasteiger partial charge in [-0.3, -0.25) is 4.79 Å². The van der Waals surface area contributed by atoms with Crippen LogP contribution in [0.25, 0.3) is 0 Å². The van der Waals surface area contributed by atoms with Gasteiger partial charge in [-0.05, 0) is 19.4 Å². The van der Waals surface area contributed by atoms with Crippen LogP contribution in [0.1, 0.15) is 25.5 Å². The third-order valence-corrected chi connectivity index (χ3v) is 2.93. The molecule has 13 heavy (non-hydrogen) atoms.